The molecular formula is C16H28O2S2. The van der Waals surface area contributed by atoms with E-state index in [0.29, 0.717) is 0 Å². The Morgan fingerprint density at radius 3 is 2.00 bits per heavy atom. The second-order valence-corrected chi connectivity index (χ2v) is 8.41. The smallest absolute Gasteiger partial charge is 0.185 e. The Bertz CT molecular complexity index is 318. The summed E-state index contributed by atoms with van der Waals surface area (Å²) in [5, 5.41) is 0.465. The number of hydrogen-bond donors (Lipinski definition) is 0. The number of carbonyl (C=O) groups excluding carboxylic acids is 2. The molecule has 4 heteroatoms. The highest BCUT2D eigenvalue weighted by molar-refractivity contribution is 8.13. The molecule has 0 amide bonds. The van der Waals surface area contributed by atoms with Crippen LogP contribution >= 0.6 is 23.5 Å². The molecule has 116 valence electrons. The summed E-state index contributed by atoms with van der Waals surface area (Å²) >= 11 is 2.93. The van der Waals surface area contributed by atoms with E-state index in [2.05, 4.69) is 6.92 Å². The van der Waals surface area contributed by atoms with Gasteiger partial charge in [0.15, 0.2) is 10.2 Å². The third-order valence-electron chi connectivity index (χ3n) is 4.41. The molecule has 0 radical (unpaired) electrons. The molecule has 0 aromatic heterocycles. The van der Waals surface area contributed by atoms with Gasteiger partial charge in [-0.15, -0.1) is 0 Å². The van der Waals surface area contributed by atoms with Crippen LogP contribution in [0.15, 0.2) is 0 Å². The van der Waals surface area contributed by atoms with Gasteiger partial charge in [-0.05, 0) is 43.4 Å². The molecule has 1 aliphatic carbocycles. The summed E-state index contributed by atoms with van der Waals surface area (Å²) < 4.78 is 0. The standard InChI is InChI=1S/C16H28O2S2/c1-4-14-5-6-15(7-9-19-12(2)17)16(11-14)8-10-20-13(3)18/h14-16H,4-11H2,1-3H3. The van der Waals surface area contributed by atoms with Crippen LogP contribution in [-0.4, -0.2) is 21.7 Å². The zero-order chi connectivity index (χ0) is 15.0. The highest BCUT2D eigenvalue weighted by Gasteiger charge is 2.29. The third-order valence-corrected chi connectivity index (χ3v) is 6.11. The van der Waals surface area contributed by atoms with Gasteiger partial charge in [0.05, 0.1) is 0 Å². The minimum Gasteiger partial charge on any atom is -0.288 e. The minimum atomic E-state index is 0.232. The van der Waals surface area contributed by atoms with E-state index in [0.717, 1.165) is 42.1 Å². The molecule has 0 aromatic rings. The zero-order valence-corrected chi connectivity index (χ0v) is 14.7. The van der Waals surface area contributed by atoms with Crippen LogP contribution in [0.2, 0.25) is 0 Å². The molecule has 1 saturated carbocycles. The molecule has 2 nitrogen and oxygen atoms in total. The summed E-state index contributed by atoms with van der Waals surface area (Å²) in [6, 6.07) is 0. The summed E-state index contributed by atoms with van der Waals surface area (Å²) in [5.74, 6) is 4.32. The van der Waals surface area contributed by atoms with Gasteiger partial charge in [-0.1, -0.05) is 43.3 Å². The molecule has 0 aromatic carbocycles. The largest absolute Gasteiger partial charge is 0.288 e. The van der Waals surface area contributed by atoms with Gasteiger partial charge in [-0.25, -0.2) is 0 Å². The number of carbonyl (C=O) groups is 2. The van der Waals surface area contributed by atoms with Crippen LogP contribution in [0.1, 0.15) is 59.3 Å². The average Bonchev–Trinajstić information content (AvgIpc) is 2.39. The van der Waals surface area contributed by atoms with Crippen LogP contribution < -0.4 is 0 Å². The van der Waals surface area contributed by atoms with Crippen molar-refractivity contribution in [3.05, 3.63) is 0 Å². The molecule has 3 unspecified atom stereocenters. The number of hydrogen-bond acceptors (Lipinski definition) is 4. The third kappa shape index (κ3) is 7.16. The Hall–Kier alpha value is 0.0400. The molecular weight excluding hydrogens is 288 g/mol. The van der Waals surface area contributed by atoms with Crippen molar-refractivity contribution in [2.45, 2.75) is 59.3 Å². The first kappa shape index (κ1) is 18.1. The van der Waals surface area contributed by atoms with Crippen LogP contribution in [0.3, 0.4) is 0 Å². The van der Waals surface area contributed by atoms with Gasteiger partial charge < -0.3 is 0 Å². The first-order chi connectivity index (χ1) is 9.52. The predicted molar refractivity (Wildman–Crippen MR) is 90.1 cm³/mol. The fourth-order valence-corrected chi connectivity index (χ4v) is 4.65. The quantitative estimate of drug-likeness (QED) is 0.677. The van der Waals surface area contributed by atoms with Crippen molar-refractivity contribution < 1.29 is 9.59 Å². The lowest BCUT2D eigenvalue weighted by atomic mass is 9.71. The monoisotopic (exact) mass is 316 g/mol. The van der Waals surface area contributed by atoms with E-state index in [-0.39, 0.29) is 10.2 Å². The van der Waals surface area contributed by atoms with Crippen LogP contribution in [-0.2, 0) is 9.59 Å². The van der Waals surface area contributed by atoms with Crippen molar-refractivity contribution in [1.29, 1.82) is 0 Å². The molecule has 0 N–H and O–H groups in total. The van der Waals surface area contributed by atoms with Crippen LogP contribution in [0, 0.1) is 17.8 Å². The van der Waals surface area contributed by atoms with E-state index in [1.165, 1.54) is 49.2 Å². The zero-order valence-electron chi connectivity index (χ0n) is 13.0. The fourth-order valence-electron chi connectivity index (χ4n) is 3.24. The van der Waals surface area contributed by atoms with Crippen molar-refractivity contribution in [3.8, 4) is 0 Å². The summed E-state index contributed by atoms with van der Waals surface area (Å²) in [4.78, 5) is 22.1. The molecule has 0 spiro atoms. The first-order valence-electron chi connectivity index (χ1n) is 7.79. The topological polar surface area (TPSA) is 34.1 Å². The Balaban J connectivity index is 2.41. The summed E-state index contributed by atoms with van der Waals surface area (Å²) in [6.45, 7) is 5.60. The molecule has 0 heterocycles. The Morgan fingerprint density at radius 2 is 1.50 bits per heavy atom. The molecule has 3 atom stereocenters. The van der Waals surface area contributed by atoms with E-state index in [1.54, 1.807) is 13.8 Å². The van der Waals surface area contributed by atoms with E-state index in [9.17, 15) is 9.59 Å². The Kier molecular flexibility index (Phi) is 8.94. The summed E-state index contributed by atoms with van der Waals surface area (Å²) in [7, 11) is 0. The molecule has 0 bridgehead atoms. The van der Waals surface area contributed by atoms with Crippen molar-refractivity contribution in [2.24, 2.45) is 17.8 Å². The first-order valence-corrected chi connectivity index (χ1v) is 9.76. The van der Waals surface area contributed by atoms with Gasteiger partial charge >= 0.3 is 0 Å². The average molecular weight is 317 g/mol. The van der Waals surface area contributed by atoms with Gasteiger partial charge in [-0.3, -0.25) is 9.59 Å². The highest BCUT2D eigenvalue weighted by Crippen LogP contribution is 2.40. The van der Waals surface area contributed by atoms with Gasteiger partial charge in [-0.2, -0.15) is 0 Å². The number of thioether (sulfide) groups is 2. The second-order valence-electron chi connectivity index (χ2n) is 5.86. The minimum absolute atomic E-state index is 0.232. The molecule has 0 saturated heterocycles. The van der Waals surface area contributed by atoms with Crippen LogP contribution in [0.4, 0.5) is 0 Å². The summed E-state index contributed by atoms with van der Waals surface area (Å²) in [6.07, 6.45) is 7.59. The summed E-state index contributed by atoms with van der Waals surface area (Å²) in [5.41, 5.74) is 0. The predicted octanol–water partition coefficient (Wildman–Crippen LogP) is 4.77. The Labute approximate surface area is 132 Å². The van der Waals surface area contributed by atoms with Crippen LogP contribution in [0.25, 0.3) is 0 Å². The van der Waals surface area contributed by atoms with Gasteiger partial charge in [0.1, 0.15) is 0 Å². The van der Waals surface area contributed by atoms with Crippen molar-refractivity contribution in [3.63, 3.8) is 0 Å². The number of rotatable bonds is 7. The maximum absolute atomic E-state index is 11.1. The van der Waals surface area contributed by atoms with E-state index < -0.39 is 0 Å². The lowest BCUT2D eigenvalue weighted by Crippen LogP contribution is -2.26. The van der Waals surface area contributed by atoms with Crippen molar-refractivity contribution in [1.82, 2.24) is 0 Å². The molecule has 20 heavy (non-hydrogen) atoms. The van der Waals surface area contributed by atoms with Gasteiger partial charge in [0.2, 0.25) is 0 Å². The molecule has 1 aliphatic rings. The van der Waals surface area contributed by atoms with Gasteiger partial charge in [0, 0.05) is 25.4 Å². The maximum Gasteiger partial charge on any atom is 0.185 e. The van der Waals surface area contributed by atoms with E-state index in [1.807, 2.05) is 0 Å². The molecule has 1 rings (SSSR count). The van der Waals surface area contributed by atoms with Gasteiger partial charge in [0.25, 0.3) is 0 Å². The normalized spacial score (nSPS) is 26.4. The fraction of sp³-hybridized carbons (Fsp3) is 0.875. The van der Waals surface area contributed by atoms with Crippen molar-refractivity contribution >= 4 is 33.8 Å². The molecule has 1 fully saturated rings. The van der Waals surface area contributed by atoms with Crippen LogP contribution in [0.5, 0.6) is 0 Å². The van der Waals surface area contributed by atoms with E-state index in [4.69, 9.17) is 0 Å². The lowest BCUT2D eigenvalue weighted by molar-refractivity contribution is -0.109. The highest BCUT2D eigenvalue weighted by atomic mass is 32.2. The molecule has 0 aliphatic heterocycles. The Morgan fingerprint density at radius 1 is 0.950 bits per heavy atom. The SMILES string of the molecule is CCC1CCC(CCSC(C)=O)C(CCSC(C)=O)C1. The second kappa shape index (κ2) is 9.88. The van der Waals surface area contributed by atoms with Crippen molar-refractivity contribution in [2.75, 3.05) is 11.5 Å². The van der Waals surface area contributed by atoms with E-state index >= 15 is 0 Å². The maximum atomic E-state index is 11.1. The lowest BCUT2D eigenvalue weighted by Gasteiger charge is -2.36.